The van der Waals surface area contributed by atoms with Gasteiger partial charge in [-0.3, -0.25) is 4.79 Å². The van der Waals surface area contributed by atoms with Gasteiger partial charge in [0, 0.05) is 6.42 Å². The van der Waals surface area contributed by atoms with Crippen molar-refractivity contribution in [3.63, 3.8) is 0 Å². The monoisotopic (exact) mass is 1140 g/mol. The number of unbranched alkanes of at least 4 members (excludes halogenated alkanes) is 37. The lowest BCUT2D eigenvalue weighted by molar-refractivity contribution is -0.302. The average molecular weight is 1140 g/mol. The number of aliphatic hydroxyl groups excluding tert-OH is 5. The number of rotatable bonds is 59. The third kappa shape index (κ3) is 49.4. The van der Waals surface area contributed by atoms with Crippen molar-refractivity contribution in [2.24, 2.45) is 0 Å². The van der Waals surface area contributed by atoms with Crippen LogP contribution in [-0.2, 0) is 14.3 Å². The van der Waals surface area contributed by atoms with Gasteiger partial charge in [0.05, 0.1) is 25.4 Å². The van der Waals surface area contributed by atoms with Gasteiger partial charge in [-0.25, -0.2) is 0 Å². The Morgan fingerprint density at radius 2 is 0.778 bits per heavy atom. The first kappa shape index (κ1) is 76.4. The van der Waals surface area contributed by atoms with Crippen LogP contribution in [0.15, 0.2) is 85.1 Å². The van der Waals surface area contributed by atoms with Crippen molar-refractivity contribution in [1.29, 1.82) is 0 Å². The Morgan fingerprint density at radius 3 is 1.19 bits per heavy atom. The Hall–Kier alpha value is -2.63. The smallest absolute Gasteiger partial charge is 0.220 e. The molecule has 81 heavy (non-hydrogen) atoms. The largest absolute Gasteiger partial charge is 0.394 e. The molecule has 0 saturated carbocycles. The van der Waals surface area contributed by atoms with Crippen molar-refractivity contribution in [3.8, 4) is 0 Å². The SMILES string of the molecule is CC/C=C\C/C=C\C/C=C\C/C=C\CCCCCCCCCCCCCCCCCCCCCCCCC(=O)NC(COC1OC(CO)C(O)C(O)C1O)C(O)/C=C/CC/C=C/CC/C=C/CCCCCCCCCCCCCCC. The zero-order valence-corrected chi connectivity index (χ0v) is 52.5. The van der Waals surface area contributed by atoms with Crippen molar-refractivity contribution >= 4 is 5.91 Å². The first-order chi connectivity index (χ1) is 39.8. The lowest BCUT2D eigenvalue weighted by Gasteiger charge is -2.40. The Bertz CT molecular complexity index is 1550. The minimum absolute atomic E-state index is 0.187. The maximum atomic E-state index is 13.1. The van der Waals surface area contributed by atoms with Gasteiger partial charge in [-0.2, -0.15) is 0 Å². The molecule has 9 nitrogen and oxygen atoms in total. The van der Waals surface area contributed by atoms with E-state index >= 15 is 0 Å². The molecular weight excluding hydrogens is 1010 g/mol. The molecule has 7 atom stereocenters. The van der Waals surface area contributed by atoms with Crippen molar-refractivity contribution in [2.45, 2.75) is 352 Å². The van der Waals surface area contributed by atoms with Gasteiger partial charge in [-0.05, 0) is 83.5 Å². The van der Waals surface area contributed by atoms with E-state index in [1.807, 2.05) is 6.08 Å². The fraction of sp³-hybridized carbons (Fsp3) is 0.792. The van der Waals surface area contributed by atoms with E-state index in [1.54, 1.807) is 6.08 Å². The molecule has 1 fully saturated rings. The maximum absolute atomic E-state index is 13.1. The molecule has 1 heterocycles. The van der Waals surface area contributed by atoms with Gasteiger partial charge in [0.15, 0.2) is 6.29 Å². The van der Waals surface area contributed by atoms with Gasteiger partial charge in [-0.15, -0.1) is 0 Å². The minimum atomic E-state index is -1.58. The second kappa shape index (κ2) is 60.5. The van der Waals surface area contributed by atoms with Gasteiger partial charge in [-0.1, -0.05) is 304 Å². The third-order valence-electron chi connectivity index (χ3n) is 15.9. The summed E-state index contributed by atoms with van der Waals surface area (Å²) in [5.41, 5.74) is 0. The number of nitrogens with one attached hydrogen (secondary N) is 1. The maximum Gasteiger partial charge on any atom is 0.220 e. The highest BCUT2D eigenvalue weighted by atomic mass is 16.7. The molecular formula is C72H129NO8. The summed E-state index contributed by atoms with van der Waals surface area (Å²) in [7, 11) is 0. The Kier molecular flexibility index (Phi) is 57.0. The molecule has 1 aliphatic heterocycles. The van der Waals surface area contributed by atoms with Crippen LogP contribution in [-0.4, -0.2) is 87.5 Å². The summed E-state index contributed by atoms with van der Waals surface area (Å²) in [6.45, 7) is 3.68. The minimum Gasteiger partial charge on any atom is -0.394 e. The molecule has 7 unspecified atom stereocenters. The highest BCUT2D eigenvalue weighted by molar-refractivity contribution is 5.76. The molecule has 1 aliphatic rings. The summed E-state index contributed by atoms with van der Waals surface area (Å²) in [4.78, 5) is 13.1. The number of carbonyl (C=O) groups is 1. The van der Waals surface area contributed by atoms with Crippen LogP contribution in [0.4, 0.5) is 0 Å². The van der Waals surface area contributed by atoms with Gasteiger partial charge >= 0.3 is 0 Å². The molecule has 0 aliphatic carbocycles. The van der Waals surface area contributed by atoms with Gasteiger partial charge < -0.3 is 40.3 Å². The van der Waals surface area contributed by atoms with E-state index in [-0.39, 0.29) is 12.5 Å². The Morgan fingerprint density at radius 1 is 0.432 bits per heavy atom. The molecule has 0 aromatic carbocycles. The second-order valence-corrected chi connectivity index (χ2v) is 23.6. The van der Waals surface area contributed by atoms with Crippen molar-refractivity contribution in [1.82, 2.24) is 5.32 Å². The lowest BCUT2D eigenvalue weighted by atomic mass is 9.99. The van der Waals surface area contributed by atoms with Gasteiger partial charge in [0.2, 0.25) is 5.91 Å². The number of allylic oxidation sites excluding steroid dienone is 13. The van der Waals surface area contributed by atoms with Gasteiger partial charge in [0.1, 0.15) is 24.4 Å². The number of amides is 1. The first-order valence-corrected chi connectivity index (χ1v) is 34.3. The number of hydrogen-bond acceptors (Lipinski definition) is 8. The fourth-order valence-corrected chi connectivity index (χ4v) is 10.6. The van der Waals surface area contributed by atoms with E-state index in [0.29, 0.717) is 6.42 Å². The van der Waals surface area contributed by atoms with Crippen LogP contribution < -0.4 is 5.32 Å². The van der Waals surface area contributed by atoms with Crippen LogP contribution in [0.2, 0.25) is 0 Å². The summed E-state index contributed by atoms with van der Waals surface area (Å²) >= 11 is 0. The zero-order valence-electron chi connectivity index (χ0n) is 52.5. The van der Waals surface area contributed by atoms with E-state index in [0.717, 1.165) is 70.6 Å². The molecule has 1 saturated heterocycles. The molecule has 6 N–H and O–H groups in total. The van der Waals surface area contributed by atoms with Crippen LogP contribution in [0.1, 0.15) is 309 Å². The molecule has 0 bridgehead atoms. The van der Waals surface area contributed by atoms with Crippen LogP contribution in [0.3, 0.4) is 0 Å². The predicted molar refractivity (Wildman–Crippen MR) is 345 cm³/mol. The first-order valence-electron chi connectivity index (χ1n) is 34.3. The molecule has 0 radical (unpaired) electrons. The van der Waals surface area contributed by atoms with Crippen LogP contribution in [0.25, 0.3) is 0 Å². The molecule has 1 rings (SSSR count). The highest BCUT2D eigenvalue weighted by Gasteiger charge is 2.44. The Labute approximate surface area is 499 Å². The van der Waals surface area contributed by atoms with Crippen molar-refractivity contribution in [3.05, 3.63) is 85.1 Å². The van der Waals surface area contributed by atoms with E-state index in [2.05, 4.69) is 92.1 Å². The quantitative estimate of drug-likeness (QED) is 0.0261. The van der Waals surface area contributed by atoms with Crippen LogP contribution >= 0.6 is 0 Å². The molecule has 0 aromatic rings. The number of hydrogen-bond donors (Lipinski definition) is 6. The molecule has 0 spiro atoms. The third-order valence-corrected chi connectivity index (χ3v) is 15.9. The Balaban J connectivity index is 2.14. The lowest BCUT2D eigenvalue weighted by Crippen LogP contribution is -2.60. The van der Waals surface area contributed by atoms with Crippen molar-refractivity contribution in [2.75, 3.05) is 13.2 Å². The van der Waals surface area contributed by atoms with Gasteiger partial charge in [0.25, 0.3) is 0 Å². The summed E-state index contributed by atoms with van der Waals surface area (Å²) in [6, 6.07) is -0.831. The normalized spacial score (nSPS) is 18.9. The second-order valence-electron chi connectivity index (χ2n) is 23.6. The summed E-state index contributed by atoms with van der Waals surface area (Å²) in [6.07, 6.45) is 79.8. The van der Waals surface area contributed by atoms with E-state index in [1.165, 1.54) is 218 Å². The standard InChI is InChI=1S/C72H129NO8/c1-3-5-7-9-11-13-15-17-19-21-23-25-27-28-29-30-31-32-33-34-35-36-37-38-40-42-44-46-48-50-52-54-56-58-60-62-68(76)73-65(64-80-72-71(79)70(78)69(77)67(63-74)81-72)66(75)61-59-57-55-53-51-49-47-45-43-41-39-26-24-22-20-18-16-14-12-10-8-6-4-2/h5,7,11,13,17,19,23,25,43,45,51,53,59,61,65-67,69-72,74-75,77-79H,3-4,6,8-10,12,14-16,18,20-22,24,26-42,44,46-50,52,54-58,60,62-64H2,1-2H3,(H,73,76)/b7-5-,13-11-,19-17-,25-23-,45-43+,53-51+,61-59+. The van der Waals surface area contributed by atoms with E-state index < -0.39 is 49.5 Å². The molecule has 0 aromatic heterocycles. The fourth-order valence-electron chi connectivity index (χ4n) is 10.6. The predicted octanol–water partition coefficient (Wildman–Crippen LogP) is 18.5. The average Bonchev–Trinajstić information content (AvgIpc) is 3.48. The highest BCUT2D eigenvalue weighted by Crippen LogP contribution is 2.23. The van der Waals surface area contributed by atoms with Crippen molar-refractivity contribution < 1.29 is 39.8 Å². The molecule has 1 amide bonds. The van der Waals surface area contributed by atoms with E-state index in [4.69, 9.17) is 9.47 Å². The molecule has 9 heteroatoms. The zero-order chi connectivity index (χ0) is 58.6. The van der Waals surface area contributed by atoms with Crippen LogP contribution in [0.5, 0.6) is 0 Å². The van der Waals surface area contributed by atoms with E-state index in [9.17, 15) is 30.3 Å². The topological polar surface area (TPSA) is 149 Å². The number of ether oxygens (including phenoxy) is 2. The molecule has 470 valence electrons. The summed E-state index contributed by atoms with van der Waals surface area (Å²) in [5, 5.41) is 54.7. The number of aliphatic hydroxyl groups is 5. The summed E-state index contributed by atoms with van der Waals surface area (Å²) < 4.78 is 11.3. The number of carbonyl (C=O) groups excluding carboxylic acids is 1. The van der Waals surface area contributed by atoms with Crippen LogP contribution in [0, 0.1) is 0 Å². The summed E-state index contributed by atoms with van der Waals surface area (Å²) in [5.74, 6) is -0.187.